The number of hydrogen-bond acceptors (Lipinski definition) is 6. The molecule has 0 saturated heterocycles. The first-order chi connectivity index (χ1) is 8.76. The van der Waals surface area contributed by atoms with Gasteiger partial charge in [-0.1, -0.05) is 13.3 Å². The Kier molecular flexibility index (Phi) is 7.47. The van der Waals surface area contributed by atoms with Crippen molar-refractivity contribution >= 4 is 28.0 Å². The molecule has 0 aromatic carbocycles. The van der Waals surface area contributed by atoms with Gasteiger partial charge in [0, 0.05) is 12.6 Å². The van der Waals surface area contributed by atoms with Crippen molar-refractivity contribution in [2.45, 2.75) is 44.4 Å². The number of sulfonamides is 1. The van der Waals surface area contributed by atoms with E-state index in [0.29, 0.717) is 6.42 Å². The number of Topliss-reactive ketones (excluding diaryl/α,β-unsaturated/α-hetero) is 1. The van der Waals surface area contributed by atoms with Crippen LogP contribution in [0, 0.1) is 0 Å². The summed E-state index contributed by atoms with van der Waals surface area (Å²) in [5, 5.41) is -1.14. The Morgan fingerprint density at radius 3 is 2.42 bits per heavy atom. The topological polar surface area (TPSA) is 116 Å². The van der Waals surface area contributed by atoms with E-state index < -0.39 is 33.1 Å². The Balaban J connectivity index is 4.75. The molecule has 0 aromatic heterocycles. The standard InChI is InChI=1S/C11H20N2O5S/c1-4-5-10(8(2)14)19(16,17)13-7-6-9(12)11(15)18-3/h7,9-10H,4-6,12H2,1-3H3/b13-7+/t9-,10-/m0/s1. The summed E-state index contributed by atoms with van der Waals surface area (Å²) in [5.41, 5.74) is 5.42. The molecule has 0 aliphatic heterocycles. The Morgan fingerprint density at radius 2 is 2.00 bits per heavy atom. The normalized spacial score (nSPS) is 15.2. The molecule has 0 fully saturated rings. The number of nitrogens with two attached hydrogens (primary N) is 1. The van der Waals surface area contributed by atoms with Crippen LogP contribution in [0.25, 0.3) is 0 Å². The molecule has 0 saturated carbocycles. The second-order valence-electron chi connectivity index (χ2n) is 4.06. The van der Waals surface area contributed by atoms with Gasteiger partial charge in [0.15, 0.2) is 0 Å². The van der Waals surface area contributed by atoms with Crippen molar-refractivity contribution in [2.75, 3.05) is 7.11 Å². The highest BCUT2D eigenvalue weighted by molar-refractivity contribution is 7.91. The summed E-state index contributed by atoms with van der Waals surface area (Å²) in [6.07, 6.45) is 1.74. The van der Waals surface area contributed by atoms with Crippen molar-refractivity contribution in [3.05, 3.63) is 0 Å². The molecule has 0 unspecified atom stereocenters. The molecule has 7 nitrogen and oxygen atoms in total. The van der Waals surface area contributed by atoms with Gasteiger partial charge in [-0.2, -0.15) is 4.40 Å². The third-order valence-corrected chi connectivity index (χ3v) is 4.18. The maximum Gasteiger partial charge on any atom is 0.323 e. The van der Waals surface area contributed by atoms with Crippen LogP contribution < -0.4 is 5.73 Å². The molecule has 2 atom stereocenters. The lowest BCUT2D eigenvalue weighted by Crippen LogP contribution is -2.32. The smallest absolute Gasteiger partial charge is 0.323 e. The Hall–Kier alpha value is -1.28. The highest BCUT2D eigenvalue weighted by Gasteiger charge is 2.28. The maximum atomic E-state index is 11.8. The minimum absolute atomic E-state index is 0.0668. The molecule has 0 radical (unpaired) electrons. The first-order valence-electron chi connectivity index (χ1n) is 5.87. The minimum Gasteiger partial charge on any atom is -0.468 e. The number of ether oxygens (including phenoxy) is 1. The van der Waals surface area contributed by atoms with Crippen LogP contribution in [0.2, 0.25) is 0 Å². The van der Waals surface area contributed by atoms with Crippen molar-refractivity contribution in [3.63, 3.8) is 0 Å². The number of nitrogens with zero attached hydrogens (tertiary/aromatic N) is 1. The molecule has 0 bridgehead atoms. The number of ketones is 1. The van der Waals surface area contributed by atoms with E-state index in [1.54, 1.807) is 6.92 Å². The first-order valence-corrected chi connectivity index (χ1v) is 7.38. The zero-order valence-electron chi connectivity index (χ0n) is 11.3. The van der Waals surface area contributed by atoms with Crippen molar-refractivity contribution in [1.82, 2.24) is 0 Å². The van der Waals surface area contributed by atoms with Gasteiger partial charge in [-0.25, -0.2) is 8.42 Å². The fraction of sp³-hybridized carbons (Fsp3) is 0.727. The zero-order valence-corrected chi connectivity index (χ0v) is 12.1. The summed E-state index contributed by atoms with van der Waals surface area (Å²) in [7, 11) is -2.72. The maximum absolute atomic E-state index is 11.8. The number of rotatable bonds is 8. The van der Waals surface area contributed by atoms with Crippen molar-refractivity contribution in [3.8, 4) is 0 Å². The fourth-order valence-electron chi connectivity index (χ4n) is 1.41. The lowest BCUT2D eigenvalue weighted by atomic mass is 10.2. The average Bonchev–Trinajstić information content (AvgIpc) is 2.33. The molecule has 0 spiro atoms. The molecule has 19 heavy (non-hydrogen) atoms. The van der Waals surface area contributed by atoms with Crippen LogP contribution in [0.4, 0.5) is 0 Å². The molecule has 110 valence electrons. The van der Waals surface area contributed by atoms with E-state index in [1.807, 2.05) is 0 Å². The molecule has 2 N–H and O–H groups in total. The monoisotopic (exact) mass is 292 g/mol. The van der Waals surface area contributed by atoms with Crippen LogP contribution in [0.3, 0.4) is 0 Å². The van der Waals surface area contributed by atoms with Gasteiger partial charge < -0.3 is 10.5 Å². The van der Waals surface area contributed by atoms with Crippen LogP contribution in [0.5, 0.6) is 0 Å². The Morgan fingerprint density at radius 1 is 1.42 bits per heavy atom. The first kappa shape index (κ1) is 17.7. The number of esters is 1. The van der Waals surface area contributed by atoms with E-state index in [9.17, 15) is 18.0 Å². The lowest BCUT2D eigenvalue weighted by molar-refractivity contribution is -0.141. The Labute approximate surface area is 113 Å². The van der Waals surface area contributed by atoms with E-state index in [1.165, 1.54) is 14.0 Å². The zero-order chi connectivity index (χ0) is 15.1. The van der Waals surface area contributed by atoms with Crippen LogP contribution in [-0.2, 0) is 24.3 Å². The van der Waals surface area contributed by atoms with Gasteiger partial charge in [0.1, 0.15) is 17.1 Å². The van der Waals surface area contributed by atoms with Gasteiger partial charge in [0.05, 0.1) is 7.11 Å². The SMILES string of the molecule is CCC[C@@H](C(C)=O)S(=O)(=O)/N=C/C[C@H](N)C(=O)OC. The summed E-state index contributed by atoms with van der Waals surface area (Å²) >= 11 is 0. The molecule has 0 rings (SSSR count). The lowest BCUT2D eigenvalue weighted by Gasteiger charge is -2.10. The highest BCUT2D eigenvalue weighted by Crippen LogP contribution is 2.12. The van der Waals surface area contributed by atoms with Crippen molar-refractivity contribution < 1.29 is 22.7 Å². The molecule has 0 aromatic rings. The van der Waals surface area contributed by atoms with Crippen LogP contribution in [0.15, 0.2) is 4.40 Å². The van der Waals surface area contributed by atoms with Gasteiger partial charge in [-0.05, 0) is 13.3 Å². The summed E-state index contributed by atoms with van der Waals surface area (Å²) in [6.45, 7) is 3.00. The van der Waals surface area contributed by atoms with Crippen LogP contribution >= 0.6 is 0 Å². The number of carbonyl (C=O) groups excluding carboxylic acids is 2. The van der Waals surface area contributed by atoms with Gasteiger partial charge in [0.2, 0.25) is 0 Å². The second-order valence-corrected chi connectivity index (χ2v) is 5.87. The largest absolute Gasteiger partial charge is 0.468 e. The van der Waals surface area contributed by atoms with E-state index in [-0.39, 0.29) is 12.8 Å². The molecule has 0 aliphatic carbocycles. The predicted molar refractivity (Wildman–Crippen MR) is 71.4 cm³/mol. The third-order valence-electron chi connectivity index (χ3n) is 2.45. The van der Waals surface area contributed by atoms with Gasteiger partial charge in [-0.3, -0.25) is 9.59 Å². The van der Waals surface area contributed by atoms with E-state index >= 15 is 0 Å². The minimum atomic E-state index is -3.90. The van der Waals surface area contributed by atoms with Crippen LogP contribution in [0.1, 0.15) is 33.1 Å². The van der Waals surface area contributed by atoms with Crippen LogP contribution in [-0.4, -0.2) is 44.8 Å². The average molecular weight is 292 g/mol. The highest BCUT2D eigenvalue weighted by atomic mass is 32.2. The quantitative estimate of drug-likeness (QED) is 0.498. The summed E-state index contributed by atoms with van der Waals surface area (Å²) in [6, 6.07) is -0.967. The van der Waals surface area contributed by atoms with Gasteiger partial charge in [-0.15, -0.1) is 0 Å². The summed E-state index contributed by atoms with van der Waals surface area (Å²) in [4.78, 5) is 22.3. The number of carbonyl (C=O) groups is 2. The molecular weight excluding hydrogens is 272 g/mol. The Bertz CT molecular complexity index is 444. The second kappa shape index (κ2) is 8.00. The molecule has 0 aliphatic rings. The summed E-state index contributed by atoms with van der Waals surface area (Å²) in [5.74, 6) is -1.10. The third kappa shape index (κ3) is 5.93. The fourth-order valence-corrected chi connectivity index (χ4v) is 2.80. The predicted octanol–water partition coefficient (Wildman–Crippen LogP) is 0.0351. The molecule has 0 heterocycles. The number of hydrogen-bond donors (Lipinski definition) is 1. The van der Waals surface area contributed by atoms with Gasteiger partial charge in [0.25, 0.3) is 10.0 Å². The van der Waals surface area contributed by atoms with Crippen molar-refractivity contribution in [1.29, 1.82) is 0 Å². The van der Waals surface area contributed by atoms with Gasteiger partial charge >= 0.3 is 5.97 Å². The molecule has 8 heteroatoms. The van der Waals surface area contributed by atoms with E-state index in [2.05, 4.69) is 9.13 Å². The summed E-state index contributed by atoms with van der Waals surface area (Å²) < 4.78 is 31.4. The van der Waals surface area contributed by atoms with Crippen molar-refractivity contribution in [2.24, 2.45) is 10.1 Å². The van der Waals surface area contributed by atoms with E-state index in [0.717, 1.165) is 6.21 Å². The number of methoxy groups -OCH3 is 1. The molecule has 0 amide bonds. The van der Waals surface area contributed by atoms with E-state index in [4.69, 9.17) is 5.73 Å². The molecular formula is C11H20N2O5S.